The maximum atomic E-state index is 12.2. The SMILES string of the molecule is CCn1cc(Cl)c(C(=O)Nc2cc(OCC(F)F)cc([N+](=O)[O-])c2)n1. The van der Waals surface area contributed by atoms with Gasteiger partial charge in [0.25, 0.3) is 18.0 Å². The number of halogens is 3. The van der Waals surface area contributed by atoms with Crippen molar-refractivity contribution in [2.45, 2.75) is 19.9 Å². The highest BCUT2D eigenvalue weighted by Gasteiger charge is 2.18. The highest BCUT2D eigenvalue weighted by Crippen LogP contribution is 2.27. The number of aryl methyl sites for hydroxylation is 1. The fourth-order valence-electron chi connectivity index (χ4n) is 1.91. The average Bonchev–Trinajstić information content (AvgIpc) is 2.93. The van der Waals surface area contributed by atoms with Crippen molar-refractivity contribution in [1.29, 1.82) is 0 Å². The lowest BCUT2D eigenvalue weighted by atomic mass is 10.2. The van der Waals surface area contributed by atoms with E-state index in [1.807, 2.05) is 0 Å². The minimum Gasteiger partial charge on any atom is -0.487 e. The van der Waals surface area contributed by atoms with Crippen LogP contribution in [0.25, 0.3) is 0 Å². The second-order valence-corrected chi connectivity index (χ2v) is 5.22. The van der Waals surface area contributed by atoms with Gasteiger partial charge in [0.05, 0.1) is 21.7 Å². The lowest BCUT2D eigenvalue weighted by molar-refractivity contribution is -0.384. The summed E-state index contributed by atoms with van der Waals surface area (Å²) in [5, 5.41) is 17.4. The molecule has 25 heavy (non-hydrogen) atoms. The van der Waals surface area contributed by atoms with E-state index in [1.165, 1.54) is 16.9 Å². The number of benzene rings is 1. The molecule has 0 spiro atoms. The summed E-state index contributed by atoms with van der Waals surface area (Å²) in [5.41, 5.74) is -0.497. The van der Waals surface area contributed by atoms with E-state index < -0.39 is 29.6 Å². The maximum absolute atomic E-state index is 12.2. The molecule has 1 aromatic heterocycles. The van der Waals surface area contributed by atoms with Gasteiger partial charge in [0.2, 0.25) is 0 Å². The summed E-state index contributed by atoms with van der Waals surface area (Å²) in [6.07, 6.45) is -1.28. The molecule has 2 rings (SSSR count). The molecule has 0 saturated heterocycles. The van der Waals surface area contributed by atoms with E-state index in [4.69, 9.17) is 16.3 Å². The van der Waals surface area contributed by atoms with Crippen LogP contribution in [0.1, 0.15) is 17.4 Å². The molecule has 0 aliphatic carbocycles. The molecule has 11 heteroatoms. The number of aromatic nitrogens is 2. The lowest BCUT2D eigenvalue weighted by Crippen LogP contribution is -2.14. The first-order chi connectivity index (χ1) is 11.8. The molecule has 0 unspecified atom stereocenters. The average molecular weight is 375 g/mol. The number of nitro benzene ring substituents is 1. The van der Waals surface area contributed by atoms with Gasteiger partial charge in [0.1, 0.15) is 12.4 Å². The van der Waals surface area contributed by atoms with Gasteiger partial charge in [-0.25, -0.2) is 8.78 Å². The first-order valence-corrected chi connectivity index (χ1v) is 7.42. The molecule has 2 aromatic rings. The van der Waals surface area contributed by atoms with E-state index >= 15 is 0 Å². The van der Waals surface area contributed by atoms with Crippen LogP contribution < -0.4 is 10.1 Å². The number of non-ortho nitro benzene ring substituents is 1. The number of ether oxygens (including phenoxy) is 1. The maximum Gasteiger partial charge on any atom is 0.277 e. The standard InChI is InChI=1S/C14H13ClF2N4O4/c1-2-20-6-11(15)13(19-20)14(22)18-8-3-9(21(23)24)5-10(4-8)25-7-12(16)17/h3-6,12H,2,7H2,1H3,(H,18,22). The second kappa shape index (κ2) is 7.88. The number of nitrogens with zero attached hydrogens (tertiary/aromatic N) is 3. The zero-order valence-electron chi connectivity index (χ0n) is 12.9. The van der Waals surface area contributed by atoms with Crippen molar-refractivity contribution < 1.29 is 23.2 Å². The van der Waals surface area contributed by atoms with Gasteiger partial charge in [0.15, 0.2) is 5.69 Å². The zero-order valence-corrected chi connectivity index (χ0v) is 13.7. The summed E-state index contributed by atoms with van der Waals surface area (Å²) >= 11 is 5.92. The number of nitrogens with one attached hydrogen (secondary N) is 1. The minimum atomic E-state index is -2.74. The Bertz CT molecular complexity index is 797. The molecule has 8 nitrogen and oxygen atoms in total. The van der Waals surface area contributed by atoms with Crippen molar-refractivity contribution in [1.82, 2.24) is 9.78 Å². The quantitative estimate of drug-likeness (QED) is 0.591. The van der Waals surface area contributed by atoms with Gasteiger partial charge < -0.3 is 10.1 Å². The number of amides is 1. The van der Waals surface area contributed by atoms with Crippen LogP contribution in [0.3, 0.4) is 0 Å². The Hall–Kier alpha value is -2.75. The predicted octanol–water partition coefficient (Wildman–Crippen LogP) is 3.36. The Morgan fingerprint density at radius 1 is 1.48 bits per heavy atom. The van der Waals surface area contributed by atoms with Gasteiger partial charge >= 0.3 is 0 Å². The molecule has 134 valence electrons. The first kappa shape index (κ1) is 18.6. The fourth-order valence-corrected chi connectivity index (χ4v) is 2.14. The zero-order chi connectivity index (χ0) is 18.6. The molecule has 0 radical (unpaired) electrons. The number of carbonyl (C=O) groups is 1. The van der Waals surface area contributed by atoms with Crippen LogP contribution in [0, 0.1) is 10.1 Å². The van der Waals surface area contributed by atoms with E-state index in [-0.39, 0.29) is 22.2 Å². The van der Waals surface area contributed by atoms with Crippen LogP contribution in [-0.2, 0) is 6.54 Å². The molecule has 0 aliphatic heterocycles. The monoisotopic (exact) mass is 374 g/mol. The van der Waals surface area contributed by atoms with Gasteiger partial charge in [-0.3, -0.25) is 19.6 Å². The van der Waals surface area contributed by atoms with E-state index in [1.54, 1.807) is 6.92 Å². The van der Waals surface area contributed by atoms with Gasteiger partial charge in [0, 0.05) is 24.9 Å². The van der Waals surface area contributed by atoms with Crippen LogP contribution in [0.2, 0.25) is 5.02 Å². The summed E-state index contributed by atoms with van der Waals surface area (Å²) < 4.78 is 30.7. The molecular weight excluding hydrogens is 362 g/mol. The van der Waals surface area contributed by atoms with Crippen molar-refractivity contribution in [2.75, 3.05) is 11.9 Å². The normalized spacial score (nSPS) is 10.8. The number of nitro groups is 1. The number of hydrogen-bond acceptors (Lipinski definition) is 5. The topological polar surface area (TPSA) is 99.3 Å². The van der Waals surface area contributed by atoms with Crippen LogP contribution in [0.15, 0.2) is 24.4 Å². The van der Waals surface area contributed by atoms with E-state index in [0.29, 0.717) is 6.54 Å². The fraction of sp³-hybridized carbons (Fsp3) is 0.286. The third-order valence-corrected chi connectivity index (χ3v) is 3.27. The Labute approximate surface area is 145 Å². The predicted molar refractivity (Wildman–Crippen MR) is 85.5 cm³/mol. The number of rotatable bonds is 7. The summed E-state index contributed by atoms with van der Waals surface area (Å²) in [4.78, 5) is 22.4. The van der Waals surface area contributed by atoms with E-state index in [9.17, 15) is 23.7 Å². The van der Waals surface area contributed by atoms with Crippen LogP contribution in [0.5, 0.6) is 5.75 Å². The molecule has 1 heterocycles. The Morgan fingerprint density at radius 2 is 2.20 bits per heavy atom. The van der Waals surface area contributed by atoms with Crippen molar-refractivity contribution in [3.8, 4) is 5.75 Å². The van der Waals surface area contributed by atoms with Crippen molar-refractivity contribution >= 4 is 28.9 Å². The van der Waals surface area contributed by atoms with Crippen LogP contribution in [-0.4, -0.2) is 33.6 Å². The summed E-state index contributed by atoms with van der Waals surface area (Å²) in [7, 11) is 0. The molecule has 1 aromatic carbocycles. The summed E-state index contributed by atoms with van der Waals surface area (Å²) in [6.45, 7) is 1.37. The van der Waals surface area contributed by atoms with Crippen molar-refractivity contribution in [2.24, 2.45) is 0 Å². The Balaban J connectivity index is 2.26. The van der Waals surface area contributed by atoms with Gasteiger partial charge in [-0.2, -0.15) is 5.10 Å². The van der Waals surface area contributed by atoms with Crippen molar-refractivity contribution in [3.05, 3.63) is 45.2 Å². The van der Waals surface area contributed by atoms with Gasteiger partial charge in [-0.1, -0.05) is 11.6 Å². The number of anilines is 1. The molecule has 0 fully saturated rings. The summed E-state index contributed by atoms with van der Waals surface area (Å²) in [6, 6.07) is 3.24. The molecule has 0 saturated carbocycles. The second-order valence-electron chi connectivity index (χ2n) is 4.81. The van der Waals surface area contributed by atoms with Crippen molar-refractivity contribution in [3.63, 3.8) is 0 Å². The van der Waals surface area contributed by atoms with E-state index in [2.05, 4.69) is 10.4 Å². The van der Waals surface area contributed by atoms with Crippen LogP contribution in [0.4, 0.5) is 20.2 Å². The van der Waals surface area contributed by atoms with Gasteiger partial charge in [-0.05, 0) is 6.92 Å². The first-order valence-electron chi connectivity index (χ1n) is 7.05. The Morgan fingerprint density at radius 3 is 2.76 bits per heavy atom. The minimum absolute atomic E-state index is 0.00872. The number of hydrogen-bond donors (Lipinski definition) is 1. The van der Waals surface area contributed by atoms with E-state index in [0.717, 1.165) is 12.1 Å². The lowest BCUT2D eigenvalue weighted by Gasteiger charge is -2.09. The summed E-state index contributed by atoms with van der Waals surface area (Å²) in [5.74, 6) is -0.868. The third-order valence-electron chi connectivity index (χ3n) is 2.99. The van der Waals surface area contributed by atoms with Crippen LogP contribution >= 0.6 is 11.6 Å². The highest BCUT2D eigenvalue weighted by atomic mass is 35.5. The molecular formula is C14H13ClF2N4O4. The largest absolute Gasteiger partial charge is 0.487 e. The van der Waals surface area contributed by atoms with Gasteiger partial charge in [-0.15, -0.1) is 0 Å². The molecule has 0 bridgehead atoms. The molecule has 0 aliphatic rings. The molecule has 1 amide bonds. The molecule has 1 N–H and O–H groups in total. The molecule has 0 atom stereocenters. The Kier molecular flexibility index (Phi) is 5.86. The highest BCUT2D eigenvalue weighted by molar-refractivity contribution is 6.34. The third kappa shape index (κ3) is 4.86. The number of alkyl halides is 2. The smallest absolute Gasteiger partial charge is 0.277 e. The number of carbonyl (C=O) groups excluding carboxylic acids is 1.